The molecule has 0 atom stereocenters. The van der Waals surface area contributed by atoms with Gasteiger partial charge in [-0.05, 0) is 0 Å². The SMILES string of the molecule is N=C1c2sc(N)nc2C(F)(F)C(F)(F)C1(F)F. The van der Waals surface area contributed by atoms with Crippen molar-refractivity contribution in [1.29, 1.82) is 5.41 Å². The molecule has 0 saturated heterocycles. The predicted molar refractivity (Wildman–Crippen MR) is 47.1 cm³/mol. The van der Waals surface area contributed by atoms with Crippen molar-refractivity contribution >= 4 is 22.2 Å². The first kappa shape index (κ1) is 12.1. The van der Waals surface area contributed by atoms with Gasteiger partial charge in [0.25, 0.3) is 0 Å². The Labute approximate surface area is 93.8 Å². The Hall–Kier alpha value is -1.32. The minimum absolute atomic E-state index is 0.152. The highest BCUT2D eigenvalue weighted by Gasteiger charge is 2.78. The minimum atomic E-state index is -5.70. The van der Waals surface area contributed by atoms with Crippen LogP contribution in [-0.2, 0) is 5.92 Å². The Balaban J connectivity index is 2.80. The highest BCUT2D eigenvalue weighted by Crippen LogP contribution is 2.57. The minimum Gasteiger partial charge on any atom is -0.375 e. The number of anilines is 1. The lowest BCUT2D eigenvalue weighted by Gasteiger charge is -2.36. The van der Waals surface area contributed by atoms with E-state index in [0.717, 1.165) is 0 Å². The molecule has 2 rings (SSSR count). The third-order valence-electron chi connectivity index (χ3n) is 2.27. The summed E-state index contributed by atoms with van der Waals surface area (Å²) in [6.45, 7) is 0. The molecule has 94 valence electrons. The number of nitrogens with zero attached hydrogens (tertiary/aromatic N) is 1. The molecular weight excluding hydrogens is 272 g/mol. The van der Waals surface area contributed by atoms with E-state index in [4.69, 9.17) is 11.1 Å². The van der Waals surface area contributed by atoms with Crippen molar-refractivity contribution in [2.45, 2.75) is 17.8 Å². The second kappa shape index (κ2) is 2.92. The Morgan fingerprint density at radius 1 is 1.06 bits per heavy atom. The summed E-state index contributed by atoms with van der Waals surface area (Å²) in [5.41, 5.74) is 1.55. The second-order valence-electron chi connectivity index (χ2n) is 3.33. The molecule has 1 aliphatic rings. The molecule has 10 heteroatoms. The Kier molecular flexibility index (Phi) is 2.09. The van der Waals surface area contributed by atoms with Gasteiger partial charge in [-0.15, -0.1) is 0 Å². The van der Waals surface area contributed by atoms with Crippen molar-refractivity contribution in [2.75, 3.05) is 5.73 Å². The van der Waals surface area contributed by atoms with Crippen LogP contribution in [0.4, 0.5) is 31.5 Å². The molecule has 0 aliphatic heterocycles. The third kappa shape index (κ3) is 1.18. The summed E-state index contributed by atoms with van der Waals surface area (Å²) in [4.78, 5) is 1.90. The molecule has 0 amide bonds. The number of nitrogens with one attached hydrogen (secondary N) is 1. The maximum absolute atomic E-state index is 13.2. The molecule has 0 saturated carbocycles. The van der Waals surface area contributed by atoms with E-state index in [2.05, 4.69) is 4.98 Å². The van der Waals surface area contributed by atoms with Gasteiger partial charge in [-0.1, -0.05) is 11.3 Å². The number of alkyl halides is 6. The van der Waals surface area contributed by atoms with E-state index in [1.54, 1.807) is 0 Å². The molecule has 0 fully saturated rings. The van der Waals surface area contributed by atoms with E-state index in [1.165, 1.54) is 0 Å². The Morgan fingerprint density at radius 3 is 2.12 bits per heavy atom. The zero-order valence-corrected chi connectivity index (χ0v) is 8.52. The molecule has 17 heavy (non-hydrogen) atoms. The topological polar surface area (TPSA) is 62.8 Å². The van der Waals surface area contributed by atoms with Gasteiger partial charge in [-0.2, -0.15) is 26.3 Å². The zero-order chi connectivity index (χ0) is 13.2. The fraction of sp³-hybridized carbons (Fsp3) is 0.429. The van der Waals surface area contributed by atoms with Gasteiger partial charge in [-0.25, -0.2) is 4.98 Å². The van der Waals surface area contributed by atoms with Crippen LogP contribution in [0, 0.1) is 5.41 Å². The Morgan fingerprint density at radius 2 is 1.59 bits per heavy atom. The van der Waals surface area contributed by atoms with Crippen molar-refractivity contribution in [1.82, 2.24) is 4.98 Å². The summed E-state index contributed by atoms with van der Waals surface area (Å²) in [6.07, 6.45) is 0. The summed E-state index contributed by atoms with van der Waals surface area (Å²) in [6, 6.07) is 0. The molecule has 0 bridgehead atoms. The maximum Gasteiger partial charge on any atom is 0.383 e. The van der Waals surface area contributed by atoms with E-state index in [-0.39, 0.29) is 11.3 Å². The lowest BCUT2D eigenvalue weighted by Crippen LogP contribution is -2.60. The van der Waals surface area contributed by atoms with Crippen LogP contribution in [0.3, 0.4) is 0 Å². The quantitative estimate of drug-likeness (QED) is 0.714. The smallest absolute Gasteiger partial charge is 0.375 e. The Bertz CT molecular complexity index is 508. The van der Waals surface area contributed by atoms with Crippen LogP contribution >= 0.6 is 11.3 Å². The maximum atomic E-state index is 13.2. The number of hydrogen-bond donors (Lipinski definition) is 2. The highest BCUT2D eigenvalue weighted by atomic mass is 32.1. The van der Waals surface area contributed by atoms with Crippen LogP contribution in [0.15, 0.2) is 0 Å². The molecule has 0 aromatic carbocycles. The molecule has 1 aromatic rings. The van der Waals surface area contributed by atoms with Gasteiger partial charge in [0, 0.05) is 0 Å². The summed E-state index contributed by atoms with van der Waals surface area (Å²) >= 11 is 0.152. The summed E-state index contributed by atoms with van der Waals surface area (Å²) in [5, 5.41) is 6.29. The highest BCUT2D eigenvalue weighted by molar-refractivity contribution is 7.17. The van der Waals surface area contributed by atoms with Crippen molar-refractivity contribution in [3.63, 3.8) is 0 Å². The van der Waals surface area contributed by atoms with Crippen LogP contribution in [0.1, 0.15) is 10.6 Å². The number of thiazole rings is 1. The van der Waals surface area contributed by atoms with Gasteiger partial charge in [0.1, 0.15) is 11.4 Å². The van der Waals surface area contributed by atoms with Gasteiger partial charge < -0.3 is 5.73 Å². The normalized spacial score (nSPS) is 24.5. The van der Waals surface area contributed by atoms with Crippen molar-refractivity contribution in [3.8, 4) is 0 Å². The van der Waals surface area contributed by atoms with Crippen molar-refractivity contribution < 1.29 is 26.3 Å². The fourth-order valence-corrected chi connectivity index (χ4v) is 2.21. The number of nitrogen functional groups attached to an aromatic ring is 1. The standard InChI is InChI=1S/C7H3F6N3S/c8-5(9)2(14)1-3(16-4(15)17-1)6(10,11)7(5,12)13/h14H,(H2,15,16). The van der Waals surface area contributed by atoms with Gasteiger partial charge >= 0.3 is 17.8 Å². The summed E-state index contributed by atoms with van der Waals surface area (Å²) < 4.78 is 78.5. The van der Waals surface area contributed by atoms with Crippen LogP contribution in [0.5, 0.6) is 0 Å². The average Bonchev–Trinajstić information content (AvgIpc) is 2.57. The monoisotopic (exact) mass is 275 g/mol. The second-order valence-corrected chi connectivity index (χ2v) is 4.36. The van der Waals surface area contributed by atoms with Gasteiger partial charge in [0.2, 0.25) is 0 Å². The van der Waals surface area contributed by atoms with Crippen LogP contribution in [0.2, 0.25) is 0 Å². The van der Waals surface area contributed by atoms with E-state index in [1.807, 2.05) is 0 Å². The van der Waals surface area contributed by atoms with Crippen LogP contribution < -0.4 is 5.73 Å². The lowest BCUT2D eigenvalue weighted by molar-refractivity contribution is -0.296. The largest absolute Gasteiger partial charge is 0.383 e. The molecule has 1 aromatic heterocycles. The number of fused-ring (bicyclic) bond motifs is 1. The van der Waals surface area contributed by atoms with E-state index < -0.39 is 39.2 Å². The van der Waals surface area contributed by atoms with Crippen molar-refractivity contribution in [3.05, 3.63) is 10.6 Å². The molecule has 0 spiro atoms. The van der Waals surface area contributed by atoms with Gasteiger partial charge in [0.15, 0.2) is 5.13 Å². The predicted octanol–water partition coefficient (Wildman–Crippen LogP) is 2.47. The first-order chi connectivity index (χ1) is 7.53. The first-order valence-electron chi connectivity index (χ1n) is 4.03. The average molecular weight is 275 g/mol. The number of nitrogens with two attached hydrogens (primary N) is 1. The van der Waals surface area contributed by atoms with Gasteiger partial charge in [0.05, 0.1) is 4.88 Å². The first-order valence-corrected chi connectivity index (χ1v) is 4.84. The van der Waals surface area contributed by atoms with Crippen molar-refractivity contribution in [2.24, 2.45) is 0 Å². The van der Waals surface area contributed by atoms with E-state index >= 15 is 0 Å². The number of hydrogen-bond acceptors (Lipinski definition) is 4. The van der Waals surface area contributed by atoms with E-state index in [0.29, 0.717) is 0 Å². The number of halogens is 6. The van der Waals surface area contributed by atoms with Gasteiger partial charge in [-0.3, -0.25) is 5.41 Å². The molecule has 1 heterocycles. The molecule has 0 radical (unpaired) electrons. The molecule has 1 aliphatic carbocycles. The van der Waals surface area contributed by atoms with Crippen LogP contribution in [-0.4, -0.2) is 22.5 Å². The summed E-state index contributed by atoms with van der Waals surface area (Å²) in [7, 11) is 0. The fourth-order valence-electron chi connectivity index (χ4n) is 1.36. The lowest BCUT2D eigenvalue weighted by atomic mass is 9.89. The molecule has 3 nitrogen and oxygen atoms in total. The number of rotatable bonds is 0. The number of aromatic nitrogens is 1. The van der Waals surface area contributed by atoms with Crippen LogP contribution in [0.25, 0.3) is 0 Å². The summed E-state index contributed by atoms with van der Waals surface area (Å²) in [5.74, 6) is -16.1. The molecule has 3 N–H and O–H groups in total. The third-order valence-corrected chi connectivity index (χ3v) is 3.17. The van der Waals surface area contributed by atoms with E-state index in [9.17, 15) is 26.3 Å². The molecular formula is C7H3F6N3S. The zero-order valence-electron chi connectivity index (χ0n) is 7.70. The molecule has 0 unspecified atom stereocenters.